The van der Waals surface area contributed by atoms with Gasteiger partial charge in [0, 0.05) is 38.5 Å². The molecule has 0 aliphatic carbocycles. The van der Waals surface area contributed by atoms with Gasteiger partial charge in [-0.3, -0.25) is 0 Å². The van der Waals surface area contributed by atoms with Crippen LogP contribution in [0, 0.1) is 11.8 Å². The van der Waals surface area contributed by atoms with Gasteiger partial charge in [-0.25, -0.2) is 0 Å². The minimum absolute atomic E-state index is 0. The van der Waals surface area contributed by atoms with E-state index in [1.165, 1.54) is 14.2 Å². The molecule has 2 heterocycles. The third-order valence-electron chi connectivity index (χ3n) is 5.64. The van der Waals surface area contributed by atoms with Crippen molar-refractivity contribution < 1.29 is 44.5 Å². The minimum atomic E-state index is -1.00. The van der Waals surface area contributed by atoms with E-state index in [4.69, 9.17) is 35.7 Å². The molecule has 2 aliphatic heterocycles. The molecule has 30 heavy (non-hydrogen) atoms. The van der Waals surface area contributed by atoms with Crippen LogP contribution in [0.2, 0.25) is 0 Å². The third kappa shape index (κ3) is 7.81. The Balaban J connectivity index is 0.000000553. The number of unbranched alkanes of at least 4 members (excludes halogenated alkanes) is 1. The molecule has 9 nitrogen and oxygen atoms in total. The van der Waals surface area contributed by atoms with Crippen molar-refractivity contribution in [3.8, 4) is 0 Å². The molecule has 10 heteroatoms. The fourth-order valence-corrected chi connectivity index (χ4v) is 3.85. The lowest BCUT2D eigenvalue weighted by molar-refractivity contribution is -0.276. The number of rotatable bonds is 7. The highest BCUT2D eigenvalue weighted by Crippen LogP contribution is 2.29. The summed E-state index contributed by atoms with van der Waals surface area (Å²) < 4.78 is 20.7. The van der Waals surface area contributed by atoms with Crippen molar-refractivity contribution in [2.24, 2.45) is 11.8 Å². The normalized spacial score (nSPS) is 41.4. The first-order valence-corrected chi connectivity index (χ1v) is 10.5. The average Bonchev–Trinajstić information content (AvgIpc) is 2.73. The molecule has 4 unspecified atom stereocenters. The molecule has 0 saturated carbocycles. The number of hydrogen-bond acceptors (Lipinski definition) is 9. The Hall–Kier alpha value is -0.0700. The summed E-state index contributed by atoms with van der Waals surface area (Å²) in [7, 11) is 2.86. The van der Waals surface area contributed by atoms with Crippen molar-refractivity contribution in [1.82, 2.24) is 0 Å². The molecular weight excluding hydrogens is 420 g/mol. The number of hydrogen-bond donors (Lipinski definition) is 5. The molecule has 10 atom stereocenters. The number of alkyl halides is 1. The van der Waals surface area contributed by atoms with Crippen LogP contribution >= 0.6 is 11.6 Å². The molecule has 0 aromatic carbocycles. The monoisotopic (exact) mass is 460 g/mol. The zero-order valence-electron chi connectivity index (χ0n) is 17.6. The second-order valence-corrected chi connectivity index (χ2v) is 7.92. The zero-order chi connectivity index (χ0) is 22.1. The number of aliphatic hydroxyl groups is 5. The van der Waals surface area contributed by atoms with Gasteiger partial charge >= 0.3 is 0 Å². The van der Waals surface area contributed by atoms with Crippen molar-refractivity contribution in [3.05, 3.63) is 0 Å². The Morgan fingerprint density at radius 2 is 1.20 bits per heavy atom. The van der Waals surface area contributed by atoms with Crippen LogP contribution in [0.4, 0.5) is 0 Å². The van der Waals surface area contributed by atoms with Crippen molar-refractivity contribution >= 4 is 11.6 Å². The predicted octanol–water partition coefficient (Wildman–Crippen LogP) is 0.469. The molecule has 0 aromatic rings. The maximum Gasteiger partial charge on any atom is 0.186 e. The van der Waals surface area contributed by atoms with E-state index < -0.39 is 37.0 Å². The number of halogens is 1. The van der Waals surface area contributed by atoms with Gasteiger partial charge in [-0.15, -0.1) is 11.6 Å². The Morgan fingerprint density at radius 1 is 0.767 bits per heavy atom. The van der Waals surface area contributed by atoms with Crippen molar-refractivity contribution in [2.75, 3.05) is 26.7 Å². The van der Waals surface area contributed by atoms with Gasteiger partial charge in [0.25, 0.3) is 0 Å². The first-order valence-electron chi connectivity index (χ1n) is 9.98. The van der Waals surface area contributed by atoms with Crippen LogP contribution in [0.5, 0.6) is 0 Å². The van der Waals surface area contributed by atoms with Gasteiger partial charge in [-0.2, -0.15) is 0 Å². The van der Waals surface area contributed by atoms with E-state index >= 15 is 0 Å². The van der Waals surface area contributed by atoms with E-state index in [2.05, 4.69) is 0 Å². The minimum Gasteiger partial charge on any atom is -0.396 e. The quantitative estimate of drug-likeness (QED) is 0.271. The van der Waals surface area contributed by atoms with Crippen LogP contribution in [0.1, 0.15) is 40.5 Å². The van der Waals surface area contributed by atoms with E-state index in [0.717, 1.165) is 19.3 Å². The SMILES string of the molecule is C.CO[C@@H]1OC(CCCCO)[C@@H](C)[C@H](O)C1O.CO[C@@H]1OC(CCl)[C@@H](C)[C@H](O)C1O. The van der Waals surface area contributed by atoms with Crippen molar-refractivity contribution in [2.45, 2.75) is 89.7 Å². The Bertz CT molecular complexity index is 423. The van der Waals surface area contributed by atoms with Crippen LogP contribution in [-0.4, -0.2) is 101 Å². The highest BCUT2D eigenvalue weighted by molar-refractivity contribution is 6.18. The maximum atomic E-state index is 9.82. The molecule has 5 N–H and O–H groups in total. The van der Waals surface area contributed by atoms with Gasteiger partial charge in [-0.1, -0.05) is 21.3 Å². The molecule has 0 spiro atoms. The molecule has 0 aromatic heterocycles. The van der Waals surface area contributed by atoms with Crippen LogP contribution in [0.3, 0.4) is 0 Å². The molecular formula is C20H41ClO9. The summed E-state index contributed by atoms with van der Waals surface area (Å²) in [6, 6.07) is 0. The number of ether oxygens (including phenoxy) is 4. The van der Waals surface area contributed by atoms with E-state index in [0.29, 0.717) is 0 Å². The van der Waals surface area contributed by atoms with Crippen molar-refractivity contribution in [3.63, 3.8) is 0 Å². The van der Waals surface area contributed by atoms with Crippen LogP contribution in [-0.2, 0) is 18.9 Å². The number of aliphatic hydroxyl groups excluding tert-OH is 5. The average molecular weight is 461 g/mol. The Morgan fingerprint density at radius 3 is 1.60 bits per heavy atom. The third-order valence-corrected chi connectivity index (χ3v) is 5.94. The van der Waals surface area contributed by atoms with Crippen LogP contribution in [0.15, 0.2) is 0 Å². The molecule has 0 bridgehead atoms. The molecule has 182 valence electrons. The topological polar surface area (TPSA) is 138 Å². The van der Waals surface area contributed by atoms with Crippen LogP contribution in [0.25, 0.3) is 0 Å². The molecule has 2 aliphatic rings. The van der Waals surface area contributed by atoms with E-state index in [1.807, 2.05) is 6.92 Å². The first kappa shape index (κ1) is 29.9. The van der Waals surface area contributed by atoms with Gasteiger partial charge in [0.2, 0.25) is 0 Å². The lowest BCUT2D eigenvalue weighted by Crippen LogP contribution is -2.54. The second-order valence-electron chi connectivity index (χ2n) is 7.61. The van der Waals surface area contributed by atoms with Gasteiger partial charge in [0.15, 0.2) is 12.6 Å². The second kappa shape index (κ2) is 14.9. The van der Waals surface area contributed by atoms with Crippen LogP contribution < -0.4 is 0 Å². The number of methoxy groups -OCH3 is 2. The largest absolute Gasteiger partial charge is 0.396 e. The van der Waals surface area contributed by atoms with E-state index in [9.17, 15) is 20.4 Å². The standard InChI is InChI=1S/C11H22O5.C8H15ClO4.CH4/c1-7-8(5-3-4-6-12)16-11(15-2)10(14)9(7)13;1-4-5(3-9)13-8(12-2)7(11)6(4)10;/h7-14H,3-6H2,1-2H3;4-8,10-11H,3H2,1-2H3;1H4/t7-,8?,9+,10?,11-;4-,5?,6+,7?,8-;/m11./s1. The molecule has 0 amide bonds. The molecule has 2 saturated heterocycles. The fourth-order valence-electron chi connectivity index (χ4n) is 3.49. The highest BCUT2D eigenvalue weighted by atomic mass is 35.5. The summed E-state index contributed by atoms with van der Waals surface area (Å²) in [5, 5.41) is 47.2. The smallest absolute Gasteiger partial charge is 0.186 e. The summed E-state index contributed by atoms with van der Waals surface area (Å²) in [6.07, 6.45) is -3.28. The summed E-state index contributed by atoms with van der Waals surface area (Å²) in [5.41, 5.74) is 0. The van der Waals surface area contributed by atoms with Gasteiger partial charge in [0.1, 0.15) is 12.2 Å². The van der Waals surface area contributed by atoms with Crippen molar-refractivity contribution in [1.29, 1.82) is 0 Å². The molecule has 2 fully saturated rings. The maximum absolute atomic E-state index is 9.82. The molecule has 2 rings (SSSR count). The Labute approximate surface area is 184 Å². The fraction of sp³-hybridized carbons (Fsp3) is 1.00. The first-order chi connectivity index (χ1) is 13.7. The van der Waals surface area contributed by atoms with Gasteiger partial charge in [0.05, 0.1) is 24.4 Å². The van der Waals surface area contributed by atoms with Gasteiger partial charge in [-0.05, 0) is 19.3 Å². The summed E-state index contributed by atoms with van der Waals surface area (Å²) >= 11 is 5.64. The lowest BCUT2D eigenvalue weighted by Gasteiger charge is -2.41. The highest BCUT2D eigenvalue weighted by Gasteiger charge is 2.42. The Kier molecular flexibility index (Phi) is 14.9. The zero-order valence-corrected chi connectivity index (χ0v) is 18.3. The van der Waals surface area contributed by atoms with E-state index in [-0.39, 0.29) is 44.0 Å². The summed E-state index contributed by atoms with van der Waals surface area (Å²) in [6.45, 7) is 3.80. The lowest BCUT2D eigenvalue weighted by atomic mass is 9.88. The van der Waals surface area contributed by atoms with Gasteiger partial charge < -0.3 is 44.5 Å². The van der Waals surface area contributed by atoms with E-state index in [1.54, 1.807) is 6.92 Å². The summed E-state index contributed by atoms with van der Waals surface area (Å²) in [5.74, 6) is -0.0239. The molecule has 0 radical (unpaired) electrons. The predicted molar refractivity (Wildman–Crippen MR) is 112 cm³/mol. The summed E-state index contributed by atoms with van der Waals surface area (Å²) in [4.78, 5) is 0.